The van der Waals surface area contributed by atoms with Gasteiger partial charge in [-0.3, -0.25) is 4.72 Å². The smallest absolute Gasteiger partial charge is 0.265 e. The molecule has 0 aliphatic heterocycles. The molecular weight excluding hydrogens is 314 g/mol. The van der Waals surface area contributed by atoms with Crippen molar-refractivity contribution in [2.45, 2.75) is 11.8 Å². The van der Waals surface area contributed by atoms with Crippen LogP contribution in [0.15, 0.2) is 41.3 Å². The van der Waals surface area contributed by atoms with Gasteiger partial charge in [0, 0.05) is 11.1 Å². The number of phenols is 1. The van der Waals surface area contributed by atoms with Crippen molar-refractivity contribution in [3.63, 3.8) is 0 Å². The first-order valence-electron chi connectivity index (χ1n) is 5.99. The summed E-state index contributed by atoms with van der Waals surface area (Å²) < 4.78 is 32.3. The van der Waals surface area contributed by atoms with E-state index < -0.39 is 10.0 Å². The van der Waals surface area contributed by atoms with Gasteiger partial charge in [-0.25, -0.2) is 8.42 Å². The first kappa shape index (κ1) is 15.5. The number of rotatable bonds is 4. The summed E-state index contributed by atoms with van der Waals surface area (Å²) in [5.74, 6) is 0.161. The molecule has 2 rings (SSSR count). The van der Waals surface area contributed by atoms with Gasteiger partial charge in [-0.2, -0.15) is 0 Å². The van der Waals surface area contributed by atoms with Gasteiger partial charge < -0.3 is 9.84 Å². The number of nitrogens with one attached hydrogen (secondary N) is 1. The van der Waals surface area contributed by atoms with Gasteiger partial charge in [0.1, 0.15) is 16.4 Å². The molecular formula is C14H14ClNO4S. The highest BCUT2D eigenvalue weighted by atomic mass is 35.5. The van der Waals surface area contributed by atoms with Gasteiger partial charge in [0.05, 0.1) is 12.8 Å². The largest absolute Gasteiger partial charge is 0.508 e. The van der Waals surface area contributed by atoms with E-state index in [4.69, 9.17) is 16.3 Å². The quantitative estimate of drug-likeness (QED) is 0.904. The molecule has 0 saturated heterocycles. The van der Waals surface area contributed by atoms with Crippen LogP contribution in [0.1, 0.15) is 5.56 Å². The topological polar surface area (TPSA) is 75.6 Å². The van der Waals surface area contributed by atoms with Gasteiger partial charge in [-0.1, -0.05) is 17.7 Å². The maximum absolute atomic E-state index is 12.4. The molecule has 0 amide bonds. The summed E-state index contributed by atoms with van der Waals surface area (Å²) in [6.45, 7) is 1.75. The molecule has 0 aromatic heterocycles. The molecule has 112 valence electrons. The minimum Gasteiger partial charge on any atom is -0.508 e. The molecule has 5 nitrogen and oxygen atoms in total. The van der Waals surface area contributed by atoms with Crippen LogP contribution >= 0.6 is 11.6 Å². The maximum Gasteiger partial charge on any atom is 0.265 e. The molecule has 0 aliphatic carbocycles. The van der Waals surface area contributed by atoms with E-state index in [1.807, 2.05) is 0 Å². The molecule has 0 atom stereocenters. The summed E-state index contributed by atoms with van der Waals surface area (Å²) >= 11 is 5.99. The van der Waals surface area contributed by atoms with Crippen molar-refractivity contribution in [2.24, 2.45) is 0 Å². The number of halogens is 1. The lowest BCUT2D eigenvalue weighted by Crippen LogP contribution is -2.14. The van der Waals surface area contributed by atoms with Gasteiger partial charge in [0.15, 0.2) is 0 Å². The van der Waals surface area contributed by atoms with Crippen molar-refractivity contribution in [3.05, 3.63) is 47.0 Å². The number of hydrogen-bond donors (Lipinski definition) is 2. The molecule has 0 fully saturated rings. The molecule has 0 radical (unpaired) electrons. The number of aryl methyl sites for hydroxylation is 1. The van der Waals surface area contributed by atoms with E-state index in [1.165, 1.54) is 37.4 Å². The van der Waals surface area contributed by atoms with Crippen molar-refractivity contribution in [1.29, 1.82) is 0 Å². The van der Waals surface area contributed by atoms with E-state index in [0.29, 0.717) is 10.6 Å². The Morgan fingerprint density at radius 2 is 1.95 bits per heavy atom. The Morgan fingerprint density at radius 3 is 2.57 bits per heavy atom. The molecule has 2 aromatic carbocycles. The van der Waals surface area contributed by atoms with E-state index >= 15 is 0 Å². The number of benzene rings is 2. The Hall–Kier alpha value is -1.92. The van der Waals surface area contributed by atoms with Crippen molar-refractivity contribution in [3.8, 4) is 11.5 Å². The fraction of sp³-hybridized carbons (Fsp3) is 0.143. The Balaban J connectivity index is 2.47. The zero-order chi connectivity index (χ0) is 15.6. The van der Waals surface area contributed by atoms with E-state index in [2.05, 4.69) is 4.72 Å². The molecule has 0 heterocycles. The normalized spacial score (nSPS) is 11.2. The van der Waals surface area contributed by atoms with Crippen molar-refractivity contribution in [1.82, 2.24) is 0 Å². The van der Waals surface area contributed by atoms with Crippen LogP contribution in [0, 0.1) is 6.92 Å². The summed E-state index contributed by atoms with van der Waals surface area (Å²) in [6, 6.07) is 8.70. The molecule has 2 aromatic rings. The van der Waals surface area contributed by atoms with E-state index in [0.717, 1.165) is 0 Å². The molecule has 0 spiro atoms. The third kappa shape index (κ3) is 3.40. The zero-order valence-corrected chi connectivity index (χ0v) is 13.0. The highest BCUT2D eigenvalue weighted by molar-refractivity contribution is 7.92. The van der Waals surface area contributed by atoms with Crippen LogP contribution in [0.5, 0.6) is 11.5 Å². The summed E-state index contributed by atoms with van der Waals surface area (Å²) in [4.78, 5) is -0.0658. The summed E-state index contributed by atoms with van der Waals surface area (Å²) in [5, 5.41) is 9.71. The SMILES string of the molecule is COc1cc(C)c(Cl)cc1S(=O)(=O)Nc1cccc(O)c1. The minimum atomic E-state index is -3.88. The van der Waals surface area contributed by atoms with E-state index in [-0.39, 0.29) is 22.1 Å². The van der Waals surface area contributed by atoms with Crippen LogP contribution in [0.2, 0.25) is 5.02 Å². The number of aromatic hydroxyl groups is 1. The Labute approximate surface area is 128 Å². The Bertz CT molecular complexity index is 775. The average Bonchev–Trinajstić information content (AvgIpc) is 2.40. The van der Waals surface area contributed by atoms with Gasteiger partial charge in [-0.05, 0) is 36.8 Å². The number of phenolic OH excluding ortho intramolecular Hbond substituents is 1. The third-order valence-electron chi connectivity index (χ3n) is 2.83. The Kier molecular flexibility index (Phi) is 4.29. The first-order valence-corrected chi connectivity index (χ1v) is 7.85. The first-order chi connectivity index (χ1) is 9.83. The second-order valence-electron chi connectivity index (χ2n) is 4.41. The molecule has 0 aliphatic rings. The molecule has 21 heavy (non-hydrogen) atoms. The van der Waals surface area contributed by atoms with Crippen LogP contribution in [0.4, 0.5) is 5.69 Å². The monoisotopic (exact) mass is 327 g/mol. The summed E-state index contributed by atoms with van der Waals surface area (Å²) in [7, 11) is -2.50. The summed E-state index contributed by atoms with van der Waals surface area (Å²) in [6.07, 6.45) is 0. The molecule has 7 heteroatoms. The van der Waals surface area contributed by atoms with Gasteiger partial charge in [-0.15, -0.1) is 0 Å². The van der Waals surface area contributed by atoms with Crippen molar-refractivity contribution in [2.75, 3.05) is 11.8 Å². The highest BCUT2D eigenvalue weighted by Gasteiger charge is 2.21. The van der Waals surface area contributed by atoms with Crippen molar-refractivity contribution < 1.29 is 18.3 Å². The number of hydrogen-bond acceptors (Lipinski definition) is 4. The maximum atomic E-state index is 12.4. The van der Waals surface area contributed by atoms with Crippen molar-refractivity contribution >= 4 is 27.3 Å². The van der Waals surface area contributed by atoms with Crippen LogP contribution in [-0.4, -0.2) is 20.6 Å². The standard InChI is InChI=1S/C14H14ClNO4S/c1-9-6-13(20-2)14(8-12(9)15)21(18,19)16-10-4-3-5-11(17)7-10/h3-8,16-17H,1-2H3. The second kappa shape index (κ2) is 5.83. The minimum absolute atomic E-state index is 0.0379. The fourth-order valence-electron chi connectivity index (χ4n) is 1.79. The fourth-order valence-corrected chi connectivity index (χ4v) is 3.24. The van der Waals surface area contributed by atoms with E-state index in [9.17, 15) is 13.5 Å². The number of methoxy groups -OCH3 is 1. The van der Waals surface area contributed by atoms with Crippen LogP contribution in [0.3, 0.4) is 0 Å². The van der Waals surface area contributed by atoms with Gasteiger partial charge >= 0.3 is 0 Å². The number of ether oxygens (including phenoxy) is 1. The molecule has 2 N–H and O–H groups in total. The molecule has 0 bridgehead atoms. The predicted octanol–water partition coefficient (Wildman–Crippen LogP) is 3.16. The lowest BCUT2D eigenvalue weighted by molar-refractivity contribution is 0.402. The molecule has 0 unspecified atom stereocenters. The predicted molar refractivity (Wildman–Crippen MR) is 81.7 cm³/mol. The van der Waals surface area contributed by atoms with Gasteiger partial charge in [0.2, 0.25) is 0 Å². The van der Waals surface area contributed by atoms with Crippen LogP contribution in [0.25, 0.3) is 0 Å². The number of anilines is 1. The summed E-state index contributed by atoms with van der Waals surface area (Å²) in [5.41, 5.74) is 0.957. The Morgan fingerprint density at radius 1 is 1.24 bits per heavy atom. The van der Waals surface area contributed by atoms with Crippen LogP contribution in [-0.2, 0) is 10.0 Å². The zero-order valence-electron chi connectivity index (χ0n) is 11.4. The highest BCUT2D eigenvalue weighted by Crippen LogP contribution is 2.31. The lowest BCUT2D eigenvalue weighted by Gasteiger charge is -2.13. The van der Waals surface area contributed by atoms with Gasteiger partial charge in [0.25, 0.3) is 10.0 Å². The third-order valence-corrected chi connectivity index (χ3v) is 4.64. The number of sulfonamides is 1. The molecule has 0 saturated carbocycles. The second-order valence-corrected chi connectivity index (χ2v) is 6.47. The lowest BCUT2D eigenvalue weighted by atomic mass is 10.2. The van der Waals surface area contributed by atoms with Crippen LogP contribution < -0.4 is 9.46 Å². The average molecular weight is 328 g/mol. The van der Waals surface area contributed by atoms with E-state index in [1.54, 1.807) is 13.0 Å².